The second kappa shape index (κ2) is 7.78. The van der Waals surface area contributed by atoms with Crippen molar-refractivity contribution in [2.24, 2.45) is 0 Å². The Labute approximate surface area is 141 Å². The summed E-state index contributed by atoms with van der Waals surface area (Å²) in [6.45, 7) is 2.11. The van der Waals surface area contributed by atoms with E-state index in [0.717, 1.165) is 24.4 Å². The van der Waals surface area contributed by atoms with Crippen LogP contribution < -0.4 is 5.32 Å². The number of nitrogens with zero attached hydrogens (tertiary/aromatic N) is 1. The van der Waals surface area contributed by atoms with Gasteiger partial charge >= 0.3 is 6.18 Å². The Morgan fingerprint density at radius 1 is 1.32 bits per heavy atom. The number of benzene rings is 1. The molecule has 0 saturated heterocycles. The molecule has 1 aromatic carbocycles. The van der Waals surface area contributed by atoms with Crippen molar-refractivity contribution in [3.05, 3.63) is 65.4 Å². The van der Waals surface area contributed by atoms with Crippen molar-refractivity contribution < 1.29 is 27.1 Å². The molecule has 0 unspecified atom stereocenters. The maximum atomic E-state index is 13.4. The van der Waals surface area contributed by atoms with Crippen molar-refractivity contribution in [2.75, 3.05) is 11.9 Å². The highest BCUT2D eigenvalue weighted by Gasteiger charge is 2.33. The lowest BCUT2D eigenvalue weighted by atomic mass is 10.1. The molecule has 0 saturated carbocycles. The Kier molecular flexibility index (Phi) is 5.74. The monoisotopic (exact) mass is 354 g/mol. The van der Waals surface area contributed by atoms with Crippen LogP contribution in [0.25, 0.3) is 6.08 Å². The smallest absolute Gasteiger partial charge is 0.418 e. The van der Waals surface area contributed by atoms with E-state index >= 15 is 0 Å². The first-order chi connectivity index (χ1) is 11.8. The molecule has 0 aliphatic rings. The van der Waals surface area contributed by atoms with Gasteiger partial charge in [0.2, 0.25) is 0 Å². The van der Waals surface area contributed by atoms with E-state index in [9.17, 15) is 22.4 Å². The molecule has 0 spiro atoms. The molecule has 0 aliphatic carbocycles. The summed E-state index contributed by atoms with van der Waals surface area (Å²) in [6.07, 6.45) is -1.15. The first-order valence-electron chi connectivity index (χ1n) is 7.24. The van der Waals surface area contributed by atoms with Gasteiger partial charge in [0.1, 0.15) is 5.82 Å². The normalized spacial score (nSPS) is 11.6. The number of nitrogens with one attached hydrogen (secondary N) is 1. The molecular weight excluding hydrogens is 340 g/mol. The number of anilines is 1. The quantitative estimate of drug-likeness (QED) is 0.635. The van der Waals surface area contributed by atoms with Crippen LogP contribution >= 0.6 is 0 Å². The Morgan fingerprint density at radius 3 is 2.72 bits per heavy atom. The minimum Gasteiger partial charge on any atom is -0.501 e. The number of ether oxygens (including phenoxy) is 1. The van der Waals surface area contributed by atoms with Gasteiger partial charge in [-0.3, -0.25) is 9.78 Å². The topological polar surface area (TPSA) is 51.2 Å². The first kappa shape index (κ1) is 18.4. The predicted octanol–water partition coefficient (Wildman–Crippen LogP) is 4.50. The summed E-state index contributed by atoms with van der Waals surface area (Å²) in [5.74, 6) is -1.71. The fourth-order valence-corrected chi connectivity index (χ4v) is 2.00. The molecule has 8 heteroatoms. The van der Waals surface area contributed by atoms with E-state index in [-0.39, 0.29) is 11.3 Å². The number of carbonyl (C=O) groups is 1. The van der Waals surface area contributed by atoms with Crippen molar-refractivity contribution in [3.8, 4) is 0 Å². The summed E-state index contributed by atoms with van der Waals surface area (Å²) < 4.78 is 57.4. The van der Waals surface area contributed by atoms with Gasteiger partial charge in [-0.05, 0) is 31.2 Å². The Hall–Kier alpha value is -2.90. The molecule has 25 heavy (non-hydrogen) atoms. The predicted molar refractivity (Wildman–Crippen MR) is 84.3 cm³/mol. The van der Waals surface area contributed by atoms with E-state index in [1.807, 2.05) is 0 Å². The van der Waals surface area contributed by atoms with E-state index in [4.69, 9.17) is 4.74 Å². The van der Waals surface area contributed by atoms with Gasteiger partial charge in [-0.15, -0.1) is 0 Å². The minimum absolute atomic E-state index is 0.0665. The van der Waals surface area contributed by atoms with Gasteiger partial charge in [0.15, 0.2) is 0 Å². The average Bonchev–Trinajstić information content (AvgIpc) is 2.56. The van der Waals surface area contributed by atoms with Gasteiger partial charge in [-0.2, -0.15) is 13.2 Å². The lowest BCUT2D eigenvalue weighted by molar-refractivity contribution is -0.136. The molecule has 1 N–H and O–H groups in total. The molecular formula is C17H14F4N2O2. The molecule has 1 heterocycles. The lowest BCUT2D eigenvalue weighted by Gasteiger charge is -2.14. The molecule has 0 fully saturated rings. The number of hydrogen-bond donors (Lipinski definition) is 1. The fourth-order valence-electron chi connectivity index (χ4n) is 2.00. The van der Waals surface area contributed by atoms with Crippen LogP contribution in [0.4, 0.5) is 23.2 Å². The van der Waals surface area contributed by atoms with Crippen LogP contribution in [0.3, 0.4) is 0 Å². The van der Waals surface area contributed by atoms with Crippen molar-refractivity contribution in [2.45, 2.75) is 13.1 Å². The second-order valence-corrected chi connectivity index (χ2v) is 4.84. The van der Waals surface area contributed by atoms with Crippen LogP contribution in [0.2, 0.25) is 0 Å². The number of aromatic nitrogens is 1. The van der Waals surface area contributed by atoms with Crippen LogP contribution in [0, 0.1) is 5.82 Å². The summed E-state index contributed by atoms with van der Waals surface area (Å²) in [7, 11) is 0. The van der Waals surface area contributed by atoms with Gasteiger partial charge in [-0.1, -0.05) is 12.1 Å². The maximum absolute atomic E-state index is 13.4. The van der Waals surface area contributed by atoms with Crippen LogP contribution in [0.15, 0.2) is 42.8 Å². The van der Waals surface area contributed by atoms with Crippen molar-refractivity contribution in [3.63, 3.8) is 0 Å². The number of hydrogen-bond acceptors (Lipinski definition) is 3. The van der Waals surface area contributed by atoms with E-state index < -0.39 is 29.2 Å². The van der Waals surface area contributed by atoms with E-state index in [1.165, 1.54) is 24.5 Å². The van der Waals surface area contributed by atoms with Crippen molar-refractivity contribution in [1.82, 2.24) is 4.98 Å². The Morgan fingerprint density at radius 2 is 2.04 bits per heavy atom. The van der Waals surface area contributed by atoms with E-state index in [1.54, 1.807) is 6.92 Å². The van der Waals surface area contributed by atoms with Crippen LogP contribution in [0.1, 0.15) is 28.5 Å². The minimum atomic E-state index is -4.64. The molecule has 132 valence electrons. The summed E-state index contributed by atoms with van der Waals surface area (Å²) in [5, 5.41) is 2.15. The van der Waals surface area contributed by atoms with Crippen molar-refractivity contribution >= 4 is 17.7 Å². The lowest BCUT2D eigenvalue weighted by Crippen LogP contribution is -2.18. The summed E-state index contributed by atoms with van der Waals surface area (Å²) in [6, 6.07) is 5.41. The highest BCUT2D eigenvalue weighted by atomic mass is 19.4. The third-order valence-electron chi connectivity index (χ3n) is 3.10. The third kappa shape index (κ3) is 4.79. The Balaban J connectivity index is 2.35. The molecule has 2 rings (SSSR count). The SMILES string of the molecule is CCOC=Cc1ncc(F)cc1C(=O)Nc1ccccc1C(F)(F)F. The number of pyridine rings is 1. The molecule has 1 amide bonds. The first-order valence-corrected chi connectivity index (χ1v) is 7.24. The summed E-state index contributed by atoms with van der Waals surface area (Å²) >= 11 is 0. The maximum Gasteiger partial charge on any atom is 0.418 e. The van der Waals surface area contributed by atoms with Gasteiger partial charge < -0.3 is 10.1 Å². The van der Waals surface area contributed by atoms with Crippen LogP contribution in [0.5, 0.6) is 0 Å². The molecule has 1 aromatic heterocycles. The highest BCUT2D eigenvalue weighted by molar-refractivity contribution is 6.06. The number of carbonyl (C=O) groups excluding carboxylic acids is 1. The number of rotatable bonds is 5. The third-order valence-corrected chi connectivity index (χ3v) is 3.10. The summed E-state index contributed by atoms with van der Waals surface area (Å²) in [5.41, 5.74) is -1.58. The van der Waals surface area contributed by atoms with Gasteiger partial charge in [0, 0.05) is 0 Å². The van der Waals surface area contributed by atoms with E-state index in [0.29, 0.717) is 6.61 Å². The molecule has 0 bridgehead atoms. The molecule has 2 aromatic rings. The average molecular weight is 354 g/mol. The second-order valence-electron chi connectivity index (χ2n) is 4.84. The molecule has 0 atom stereocenters. The zero-order chi connectivity index (χ0) is 18.4. The molecule has 0 radical (unpaired) electrons. The molecule has 0 aliphatic heterocycles. The van der Waals surface area contributed by atoms with Crippen LogP contribution in [-0.4, -0.2) is 17.5 Å². The van der Waals surface area contributed by atoms with Gasteiger partial charge in [0.05, 0.1) is 41.6 Å². The zero-order valence-corrected chi connectivity index (χ0v) is 13.1. The fraction of sp³-hybridized carbons (Fsp3) is 0.176. The standard InChI is InChI=1S/C17H14F4N2O2/c1-2-25-8-7-14-12(9-11(18)10-22-14)16(24)23-15-6-4-3-5-13(15)17(19,20)21/h3-10H,2H2,1H3,(H,23,24). The number of para-hydroxylation sites is 1. The van der Waals surface area contributed by atoms with Gasteiger partial charge in [0.25, 0.3) is 5.91 Å². The number of alkyl halides is 3. The van der Waals surface area contributed by atoms with E-state index in [2.05, 4.69) is 10.3 Å². The van der Waals surface area contributed by atoms with Crippen molar-refractivity contribution in [1.29, 1.82) is 0 Å². The summed E-state index contributed by atoms with van der Waals surface area (Å²) in [4.78, 5) is 16.1. The Bertz CT molecular complexity index is 788. The zero-order valence-electron chi connectivity index (χ0n) is 13.1. The highest BCUT2D eigenvalue weighted by Crippen LogP contribution is 2.34. The molecule has 4 nitrogen and oxygen atoms in total. The largest absolute Gasteiger partial charge is 0.501 e. The number of amides is 1. The van der Waals surface area contributed by atoms with Crippen LogP contribution in [-0.2, 0) is 10.9 Å². The van der Waals surface area contributed by atoms with Gasteiger partial charge in [-0.25, -0.2) is 4.39 Å². The number of halogens is 4.